The highest BCUT2D eigenvalue weighted by Gasteiger charge is 2.29. The van der Waals surface area contributed by atoms with Crippen LogP contribution in [-0.2, 0) is 6.42 Å². The number of oxazole rings is 1. The van der Waals surface area contributed by atoms with Gasteiger partial charge < -0.3 is 10.2 Å². The van der Waals surface area contributed by atoms with Crippen LogP contribution >= 0.6 is 0 Å². The molecule has 1 heterocycles. The van der Waals surface area contributed by atoms with Crippen molar-refractivity contribution in [1.29, 1.82) is 0 Å². The Morgan fingerprint density at radius 1 is 1.50 bits per heavy atom. The van der Waals surface area contributed by atoms with Crippen molar-refractivity contribution < 1.29 is 4.42 Å². The molecule has 1 saturated carbocycles. The zero-order valence-electron chi connectivity index (χ0n) is 9.44. The fourth-order valence-electron chi connectivity index (χ4n) is 2.06. The first kappa shape index (κ1) is 9.85. The molecule has 1 aliphatic rings. The summed E-state index contributed by atoms with van der Waals surface area (Å²) >= 11 is 0. The lowest BCUT2D eigenvalue weighted by Crippen LogP contribution is -2.25. The van der Waals surface area contributed by atoms with Gasteiger partial charge in [0, 0.05) is 12.5 Å². The van der Waals surface area contributed by atoms with Gasteiger partial charge in [-0.25, -0.2) is 4.98 Å². The lowest BCUT2D eigenvalue weighted by Gasteiger charge is -2.05. The minimum Gasteiger partial charge on any atom is -0.441 e. The molecule has 1 atom stereocenters. The highest BCUT2D eigenvalue weighted by molar-refractivity contribution is 5.73. The predicted octanol–water partition coefficient (Wildman–Crippen LogP) is 2.42. The van der Waals surface area contributed by atoms with Crippen LogP contribution in [0.1, 0.15) is 24.3 Å². The zero-order valence-corrected chi connectivity index (χ0v) is 9.44. The smallest absolute Gasteiger partial charge is 0.197 e. The first-order valence-electron chi connectivity index (χ1n) is 5.84. The maximum absolute atomic E-state index is 6.06. The van der Waals surface area contributed by atoms with Gasteiger partial charge in [-0.05, 0) is 43.4 Å². The summed E-state index contributed by atoms with van der Waals surface area (Å²) in [5, 5.41) is 0. The van der Waals surface area contributed by atoms with Gasteiger partial charge in [0.05, 0.1) is 0 Å². The summed E-state index contributed by atoms with van der Waals surface area (Å²) in [5.41, 5.74) is 9.07. The van der Waals surface area contributed by atoms with E-state index < -0.39 is 0 Å². The van der Waals surface area contributed by atoms with E-state index >= 15 is 0 Å². The van der Waals surface area contributed by atoms with Crippen LogP contribution in [-0.4, -0.2) is 11.0 Å². The predicted molar refractivity (Wildman–Crippen MR) is 63.1 cm³/mol. The van der Waals surface area contributed by atoms with Crippen molar-refractivity contribution >= 4 is 11.1 Å². The normalized spacial score (nSPS) is 17.9. The van der Waals surface area contributed by atoms with Gasteiger partial charge in [0.25, 0.3) is 0 Å². The van der Waals surface area contributed by atoms with E-state index in [1.165, 1.54) is 18.4 Å². The molecule has 3 nitrogen and oxygen atoms in total. The Kier molecular flexibility index (Phi) is 2.21. The van der Waals surface area contributed by atoms with Crippen LogP contribution in [0.3, 0.4) is 0 Å². The number of benzene rings is 1. The van der Waals surface area contributed by atoms with Crippen LogP contribution in [0.5, 0.6) is 0 Å². The second kappa shape index (κ2) is 3.59. The first-order valence-corrected chi connectivity index (χ1v) is 5.84. The summed E-state index contributed by atoms with van der Waals surface area (Å²) in [6.45, 7) is 2.05. The van der Waals surface area contributed by atoms with Gasteiger partial charge in [-0.1, -0.05) is 6.07 Å². The molecule has 1 aliphatic carbocycles. The fourth-order valence-corrected chi connectivity index (χ4v) is 2.06. The third kappa shape index (κ3) is 1.83. The number of rotatable bonds is 3. The Morgan fingerprint density at radius 3 is 3.06 bits per heavy atom. The van der Waals surface area contributed by atoms with Gasteiger partial charge in [-0.15, -0.1) is 0 Å². The highest BCUT2D eigenvalue weighted by Crippen LogP contribution is 2.33. The molecule has 0 amide bonds. The fraction of sp³-hybridized carbons (Fsp3) is 0.462. The van der Waals surface area contributed by atoms with Crippen molar-refractivity contribution in [3.8, 4) is 0 Å². The molecule has 1 fully saturated rings. The molecule has 0 radical (unpaired) electrons. The largest absolute Gasteiger partial charge is 0.441 e. The Labute approximate surface area is 94.7 Å². The third-order valence-electron chi connectivity index (χ3n) is 3.23. The Morgan fingerprint density at radius 2 is 2.31 bits per heavy atom. The van der Waals surface area contributed by atoms with Crippen molar-refractivity contribution in [3.05, 3.63) is 29.7 Å². The van der Waals surface area contributed by atoms with Gasteiger partial charge in [-0.2, -0.15) is 0 Å². The molecule has 0 bridgehead atoms. The molecule has 1 aromatic carbocycles. The van der Waals surface area contributed by atoms with Crippen LogP contribution in [0.15, 0.2) is 22.6 Å². The number of aryl methyl sites for hydroxylation is 1. The molecule has 0 aliphatic heterocycles. The number of nitrogens with zero attached hydrogens (tertiary/aromatic N) is 1. The average molecular weight is 216 g/mol. The van der Waals surface area contributed by atoms with E-state index in [0.29, 0.717) is 5.92 Å². The maximum atomic E-state index is 6.06. The molecule has 84 valence electrons. The standard InChI is InChI=1S/C13H16N2O/c1-8-2-5-11-12(6-8)16-13(15-11)7-10(14)9-3-4-9/h2,5-6,9-10H,3-4,7,14H2,1H3. The van der Waals surface area contributed by atoms with E-state index in [4.69, 9.17) is 10.2 Å². The Bertz CT molecular complexity index is 514. The summed E-state index contributed by atoms with van der Waals surface area (Å²) in [7, 11) is 0. The molecule has 3 heteroatoms. The van der Waals surface area contributed by atoms with Crippen LogP contribution in [0.2, 0.25) is 0 Å². The van der Waals surface area contributed by atoms with Gasteiger partial charge in [0.15, 0.2) is 11.5 Å². The molecule has 0 saturated heterocycles. The van der Waals surface area contributed by atoms with Crippen molar-refractivity contribution in [2.45, 2.75) is 32.2 Å². The summed E-state index contributed by atoms with van der Waals surface area (Å²) in [5.74, 6) is 1.47. The summed E-state index contributed by atoms with van der Waals surface area (Å²) < 4.78 is 5.71. The molecule has 1 aromatic heterocycles. The van der Waals surface area contributed by atoms with Crippen molar-refractivity contribution in [2.75, 3.05) is 0 Å². The van der Waals surface area contributed by atoms with E-state index in [0.717, 1.165) is 23.4 Å². The van der Waals surface area contributed by atoms with Crippen molar-refractivity contribution in [1.82, 2.24) is 4.98 Å². The Balaban J connectivity index is 1.86. The van der Waals surface area contributed by atoms with Crippen LogP contribution in [0.4, 0.5) is 0 Å². The van der Waals surface area contributed by atoms with Gasteiger partial charge in [-0.3, -0.25) is 0 Å². The lowest BCUT2D eigenvalue weighted by atomic mass is 10.1. The minimum atomic E-state index is 0.217. The SMILES string of the molecule is Cc1ccc2nc(CC(N)C3CC3)oc2c1. The molecule has 2 N–H and O–H groups in total. The van der Waals surface area contributed by atoms with Crippen LogP contribution < -0.4 is 5.73 Å². The van der Waals surface area contributed by atoms with Crippen LogP contribution in [0, 0.1) is 12.8 Å². The second-order valence-corrected chi connectivity index (χ2v) is 4.78. The number of nitrogens with two attached hydrogens (primary N) is 1. The Hall–Kier alpha value is -1.35. The maximum Gasteiger partial charge on any atom is 0.197 e. The molecule has 3 rings (SSSR count). The second-order valence-electron chi connectivity index (χ2n) is 4.78. The van der Waals surface area contributed by atoms with Crippen LogP contribution in [0.25, 0.3) is 11.1 Å². The van der Waals surface area contributed by atoms with Gasteiger partial charge in [0.1, 0.15) is 5.52 Å². The molecule has 16 heavy (non-hydrogen) atoms. The molecule has 2 aromatic rings. The topological polar surface area (TPSA) is 52.0 Å². The van der Waals surface area contributed by atoms with E-state index in [-0.39, 0.29) is 6.04 Å². The van der Waals surface area contributed by atoms with Crippen molar-refractivity contribution in [2.24, 2.45) is 11.7 Å². The van der Waals surface area contributed by atoms with E-state index in [1.807, 2.05) is 12.1 Å². The van der Waals surface area contributed by atoms with E-state index in [9.17, 15) is 0 Å². The lowest BCUT2D eigenvalue weighted by molar-refractivity contribution is 0.475. The summed E-state index contributed by atoms with van der Waals surface area (Å²) in [4.78, 5) is 4.46. The number of aromatic nitrogens is 1. The van der Waals surface area contributed by atoms with Gasteiger partial charge in [0.2, 0.25) is 0 Å². The van der Waals surface area contributed by atoms with Crippen molar-refractivity contribution in [3.63, 3.8) is 0 Å². The third-order valence-corrected chi connectivity index (χ3v) is 3.23. The number of fused-ring (bicyclic) bond motifs is 1. The van der Waals surface area contributed by atoms with Gasteiger partial charge >= 0.3 is 0 Å². The van der Waals surface area contributed by atoms with E-state index in [1.54, 1.807) is 0 Å². The summed E-state index contributed by atoms with van der Waals surface area (Å²) in [6, 6.07) is 6.29. The quantitative estimate of drug-likeness (QED) is 0.857. The molecular weight excluding hydrogens is 200 g/mol. The molecular formula is C13H16N2O. The summed E-state index contributed by atoms with van der Waals surface area (Å²) in [6.07, 6.45) is 3.29. The first-order chi connectivity index (χ1) is 7.72. The number of hydrogen-bond donors (Lipinski definition) is 1. The molecule has 1 unspecified atom stereocenters. The highest BCUT2D eigenvalue weighted by atomic mass is 16.3. The molecule has 0 spiro atoms. The monoisotopic (exact) mass is 216 g/mol. The van der Waals surface area contributed by atoms with E-state index in [2.05, 4.69) is 18.0 Å². The average Bonchev–Trinajstić information content (AvgIpc) is 3.00. The minimum absolute atomic E-state index is 0.217. The number of hydrogen-bond acceptors (Lipinski definition) is 3. The zero-order chi connectivity index (χ0) is 11.1.